The maximum Gasteiger partial charge on any atom is 0.472 e. The number of carbonyl (C=O) groups is 3. The van der Waals surface area contributed by atoms with E-state index in [1.807, 2.05) is 6.08 Å². The molecule has 0 radical (unpaired) electrons. The van der Waals surface area contributed by atoms with E-state index in [2.05, 4.69) is 48.8 Å². The number of carbonyl (C=O) groups excluding carboxylic acids is 2. The largest absolute Gasteiger partial charge is 0.480 e. The predicted molar refractivity (Wildman–Crippen MR) is 226 cm³/mol. The van der Waals surface area contributed by atoms with Gasteiger partial charge in [0, 0.05) is 12.8 Å². The van der Waals surface area contributed by atoms with Crippen LogP contribution in [-0.4, -0.2) is 72.1 Å². The van der Waals surface area contributed by atoms with Crippen LogP contribution in [0.15, 0.2) is 36.5 Å². The number of epoxide rings is 1. The molecule has 0 aliphatic carbocycles. The summed E-state index contributed by atoms with van der Waals surface area (Å²) in [5.74, 6) is -2.45. The van der Waals surface area contributed by atoms with E-state index in [9.17, 15) is 23.8 Å². The topological polar surface area (TPSA) is 184 Å². The van der Waals surface area contributed by atoms with Gasteiger partial charge < -0.3 is 29.9 Å². The molecule has 12 nitrogen and oxygen atoms in total. The minimum absolute atomic E-state index is 0.139. The Morgan fingerprint density at radius 1 is 0.632 bits per heavy atom. The maximum atomic E-state index is 12.6. The van der Waals surface area contributed by atoms with Crippen LogP contribution in [0.4, 0.5) is 0 Å². The summed E-state index contributed by atoms with van der Waals surface area (Å²) in [7, 11) is -4.73. The van der Waals surface area contributed by atoms with Gasteiger partial charge in [0.05, 0.1) is 25.4 Å². The van der Waals surface area contributed by atoms with Crippen molar-refractivity contribution >= 4 is 25.7 Å². The quantitative estimate of drug-likeness (QED) is 0.0175. The lowest BCUT2D eigenvalue weighted by molar-refractivity contribution is -0.161. The fourth-order valence-corrected chi connectivity index (χ4v) is 6.94. The van der Waals surface area contributed by atoms with Crippen molar-refractivity contribution in [2.45, 2.75) is 205 Å². The number of hydrogen-bond acceptors (Lipinski definition) is 10. The zero-order valence-electron chi connectivity index (χ0n) is 35.4. The summed E-state index contributed by atoms with van der Waals surface area (Å²) in [6, 6.07) is -1.53. The smallest absolute Gasteiger partial charge is 0.472 e. The van der Waals surface area contributed by atoms with Gasteiger partial charge >= 0.3 is 25.7 Å². The van der Waals surface area contributed by atoms with Crippen molar-refractivity contribution in [2.75, 3.05) is 19.8 Å². The number of hydrogen-bond donors (Lipinski definition) is 3. The van der Waals surface area contributed by atoms with Crippen molar-refractivity contribution in [3.8, 4) is 0 Å². The monoisotopic (exact) mass is 828 g/mol. The van der Waals surface area contributed by atoms with Crippen molar-refractivity contribution < 1.29 is 52.2 Å². The first-order valence-electron chi connectivity index (χ1n) is 22.1. The van der Waals surface area contributed by atoms with Gasteiger partial charge in [-0.2, -0.15) is 0 Å². The molecule has 1 aliphatic heterocycles. The van der Waals surface area contributed by atoms with E-state index >= 15 is 0 Å². The lowest BCUT2D eigenvalue weighted by Gasteiger charge is -2.20. The van der Waals surface area contributed by atoms with Crippen LogP contribution in [0.1, 0.15) is 181 Å². The highest BCUT2D eigenvalue weighted by Crippen LogP contribution is 2.43. The number of nitrogens with two attached hydrogens (primary N) is 1. The first-order valence-corrected chi connectivity index (χ1v) is 23.6. The summed E-state index contributed by atoms with van der Waals surface area (Å²) >= 11 is 0. The summed E-state index contributed by atoms with van der Waals surface area (Å²) in [6.07, 6.45) is 39.5. The Balaban J connectivity index is 2.32. The Hall–Kier alpha value is -2.34. The van der Waals surface area contributed by atoms with Crippen LogP contribution >= 0.6 is 7.82 Å². The van der Waals surface area contributed by atoms with Gasteiger partial charge in [0.1, 0.15) is 12.6 Å². The molecule has 4 N–H and O–H groups in total. The van der Waals surface area contributed by atoms with E-state index in [4.69, 9.17) is 29.6 Å². The molecular formula is C44H78NO11P. The van der Waals surface area contributed by atoms with E-state index in [0.29, 0.717) is 19.3 Å². The number of ether oxygens (including phenoxy) is 3. The van der Waals surface area contributed by atoms with Gasteiger partial charge in [-0.3, -0.25) is 23.4 Å². The van der Waals surface area contributed by atoms with Crippen LogP contribution in [0.25, 0.3) is 0 Å². The first-order chi connectivity index (χ1) is 27.6. The fraction of sp³-hybridized carbons (Fsp3) is 0.795. The Morgan fingerprint density at radius 3 is 1.70 bits per heavy atom. The Morgan fingerprint density at radius 2 is 1.11 bits per heavy atom. The number of phosphoric acid groups is 1. The minimum Gasteiger partial charge on any atom is -0.480 e. The molecule has 330 valence electrons. The van der Waals surface area contributed by atoms with E-state index < -0.39 is 51.1 Å². The van der Waals surface area contributed by atoms with E-state index in [-0.39, 0.29) is 31.7 Å². The van der Waals surface area contributed by atoms with Crippen LogP contribution in [0.5, 0.6) is 0 Å². The van der Waals surface area contributed by atoms with E-state index in [1.54, 1.807) is 0 Å². The zero-order valence-corrected chi connectivity index (χ0v) is 36.3. The molecule has 0 spiro atoms. The lowest BCUT2D eigenvalue weighted by Crippen LogP contribution is -2.34. The Kier molecular flexibility index (Phi) is 32.9. The van der Waals surface area contributed by atoms with Crippen molar-refractivity contribution in [1.29, 1.82) is 0 Å². The van der Waals surface area contributed by atoms with Crippen molar-refractivity contribution in [2.24, 2.45) is 5.73 Å². The molecule has 1 saturated heterocycles. The van der Waals surface area contributed by atoms with E-state index in [1.165, 1.54) is 89.9 Å². The number of esters is 2. The molecule has 0 bridgehead atoms. The van der Waals surface area contributed by atoms with Crippen molar-refractivity contribution in [1.82, 2.24) is 0 Å². The number of carboxylic acids is 1. The number of allylic oxidation sites excluding steroid dienone is 4. The molecule has 0 saturated carbocycles. The van der Waals surface area contributed by atoms with Gasteiger partial charge in [-0.15, -0.1) is 0 Å². The van der Waals surface area contributed by atoms with Crippen LogP contribution in [0, 0.1) is 0 Å². The van der Waals surface area contributed by atoms with Crippen molar-refractivity contribution in [3.63, 3.8) is 0 Å². The summed E-state index contributed by atoms with van der Waals surface area (Å²) in [4.78, 5) is 46.0. The SMILES string of the molecule is CCCCC/C=C\C/C=C\CC1OC1C/C=C\CCCC(=O)OC[C@H](COP(=O)(O)OC[C@H](N)C(=O)O)OC(=O)CCCCCCCCCCCCCCCCC. The van der Waals surface area contributed by atoms with Gasteiger partial charge in [0.2, 0.25) is 0 Å². The highest BCUT2D eigenvalue weighted by molar-refractivity contribution is 7.47. The molecule has 13 heteroatoms. The molecule has 1 fully saturated rings. The van der Waals surface area contributed by atoms with Crippen LogP contribution in [0.3, 0.4) is 0 Å². The number of rotatable bonds is 40. The fourth-order valence-electron chi connectivity index (χ4n) is 6.16. The minimum atomic E-state index is -4.73. The third-order valence-electron chi connectivity index (χ3n) is 9.79. The van der Waals surface area contributed by atoms with Crippen LogP contribution < -0.4 is 5.73 Å². The zero-order chi connectivity index (χ0) is 41.8. The molecule has 1 heterocycles. The standard InChI is InChI=1S/C44H78NO11P/c1-3-5-7-9-11-13-14-15-16-17-18-20-22-24-30-34-43(47)55-38(36-53-57(50,51)54-37-39(45)44(48)49)35-52-42(46)33-29-26-25-28-32-41-40(56-41)31-27-23-21-19-12-10-8-6-4-2/h12,19,23,25,27-28,38-41H,3-11,13-18,20-22,24,26,29-37,45H2,1-2H3,(H,48,49)(H,50,51)/b19-12-,27-23-,28-25-/t38-,39+,40?,41?/m1/s1. The summed E-state index contributed by atoms with van der Waals surface area (Å²) in [6.45, 7) is 2.71. The molecule has 0 aromatic carbocycles. The molecule has 1 rings (SSSR count). The van der Waals surface area contributed by atoms with E-state index in [0.717, 1.165) is 44.9 Å². The summed E-state index contributed by atoms with van der Waals surface area (Å²) < 4.78 is 38.4. The van der Waals surface area contributed by atoms with Gasteiger partial charge in [0.15, 0.2) is 6.10 Å². The highest BCUT2D eigenvalue weighted by Gasteiger charge is 2.36. The number of carboxylic acid groups (broad SMARTS) is 1. The first kappa shape index (κ1) is 52.7. The number of unbranched alkanes of at least 4 members (excludes halogenated alkanes) is 18. The Bertz CT molecular complexity index is 1180. The second-order valence-electron chi connectivity index (χ2n) is 15.2. The lowest BCUT2D eigenvalue weighted by atomic mass is 10.0. The van der Waals surface area contributed by atoms with Crippen LogP contribution in [0.2, 0.25) is 0 Å². The van der Waals surface area contributed by atoms with Gasteiger partial charge in [-0.05, 0) is 51.4 Å². The molecule has 0 aromatic heterocycles. The number of phosphoric ester groups is 1. The molecule has 3 unspecified atom stereocenters. The Labute approximate surface area is 344 Å². The van der Waals surface area contributed by atoms with Crippen LogP contribution in [-0.2, 0) is 42.2 Å². The third kappa shape index (κ3) is 33.2. The maximum absolute atomic E-state index is 12.6. The molecule has 5 atom stereocenters. The normalized spacial score (nSPS) is 17.6. The third-order valence-corrected chi connectivity index (χ3v) is 10.7. The summed E-state index contributed by atoms with van der Waals surface area (Å²) in [5, 5.41) is 8.89. The van der Waals surface area contributed by atoms with Gasteiger partial charge in [0.25, 0.3) is 0 Å². The second kappa shape index (κ2) is 35.6. The highest BCUT2D eigenvalue weighted by atomic mass is 31.2. The molecule has 1 aliphatic rings. The summed E-state index contributed by atoms with van der Waals surface area (Å²) in [5.41, 5.74) is 5.33. The molecule has 0 aromatic rings. The van der Waals surface area contributed by atoms with Gasteiger partial charge in [-0.1, -0.05) is 153 Å². The average molecular weight is 828 g/mol. The molecule has 57 heavy (non-hydrogen) atoms. The average Bonchev–Trinajstić information content (AvgIpc) is 3.94. The second-order valence-corrected chi connectivity index (χ2v) is 16.7. The van der Waals surface area contributed by atoms with Gasteiger partial charge in [-0.25, -0.2) is 4.57 Å². The predicted octanol–water partition coefficient (Wildman–Crippen LogP) is 10.6. The molecule has 0 amide bonds. The number of aliphatic carboxylic acids is 1. The van der Waals surface area contributed by atoms with Crippen molar-refractivity contribution in [3.05, 3.63) is 36.5 Å². The molecular weight excluding hydrogens is 749 g/mol.